The molecule has 1 aliphatic carbocycles. The summed E-state index contributed by atoms with van der Waals surface area (Å²) in [6.45, 7) is 5.14. The van der Waals surface area contributed by atoms with E-state index in [4.69, 9.17) is 9.47 Å². The molecule has 16 nitrogen and oxygen atoms in total. The highest BCUT2D eigenvalue weighted by Crippen LogP contribution is 2.49. The number of rotatable bonds is 26. The summed E-state index contributed by atoms with van der Waals surface area (Å²) in [5.41, 5.74) is 1.08. The molecular weight excluding hydrogens is 1380 g/mol. The molecule has 10 rings (SSSR count). The molecule has 0 unspecified atom stereocenters. The predicted molar refractivity (Wildman–Crippen MR) is 382 cm³/mol. The Balaban J connectivity index is 0.00000477. The molecule has 1 N–H and O–H groups in total. The average Bonchev–Trinajstić information content (AvgIpc) is 1.47. The largest absolute Gasteiger partial charge is 0.465 e. The number of carbonyl (C=O) groups excluding carboxylic acids is 4. The Bertz CT molecular complexity index is 3720. The van der Waals surface area contributed by atoms with Crippen LogP contribution in [0.2, 0.25) is 0 Å². The van der Waals surface area contributed by atoms with E-state index in [2.05, 4.69) is 26.8 Å². The van der Waals surface area contributed by atoms with Crippen molar-refractivity contribution < 1.29 is 69.3 Å². The van der Waals surface area contributed by atoms with Crippen molar-refractivity contribution >= 4 is 78.3 Å². The number of piperidine rings is 2. The second-order valence-electron chi connectivity index (χ2n) is 26.6. The van der Waals surface area contributed by atoms with Crippen LogP contribution in [0.15, 0.2) is 146 Å². The van der Waals surface area contributed by atoms with Gasteiger partial charge < -0.3 is 48.9 Å². The first-order chi connectivity index (χ1) is 46.8. The maximum absolute atomic E-state index is 14.3. The van der Waals surface area contributed by atoms with Crippen LogP contribution in [-0.2, 0) is 48.9 Å². The van der Waals surface area contributed by atoms with Crippen molar-refractivity contribution in [3.05, 3.63) is 190 Å². The van der Waals surface area contributed by atoms with E-state index in [1.165, 1.54) is 29.2 Å². The van der Waals surface area contributed by atoms with E-state index < -0.39 is 64.6 Å². The third-order valence-electron chi connectivity index (χ3n) is 20.2. The first kappa shape index (κ1) is 80.8. The van der Waals surface area contributed by atoms with Gasteiger partial charge in [-0.1, -0.05) is 97.4 Å². The number of nitrogens with zero attached hydrogens (tertiary/aromatic N) is 8. The number of hydrogen-bond donors (Lipinski definition) is 1. The smallest absolute Gasteiger partial charge is 0.416 e. The fraction of sp³-hybridized carbons (Fsp3) is 0.453. The zero-order valence-corrected chi connectivity index (χ0v) is 59.7. The van der Waals surface area contributed by atoms with Gasteiger partial charge in [0.05, 0.1) is 29.5 Å². The molecule has 3 fully saturated rings. The Kier molecular flexibility index (Phi) is 28.5. The van der Waals surface area contributed by atoms with Gasteiger partial charge in [-0.25, -0.2) is 9.18 Å². The van der Waals surface area contributed by atoms with E-state index in [-0.39, 0.29) is 92.7 Å². The summed E-state index contributed by atoms with van der Waals surface area (Å²) >= 11 is 0. The summed E-state index contributed by atoms with van der Waals surface area (Å²) in [6, 6.07) is 39.2. The van der Waals surface area contributed by atoms with Crippen LogP contribution >= 0.6 is 37.2 Å². The van der Waals surface area contributed by atoms with Gasteiger partial charge in [0, 0.05) is 121 Å². The molecule has 6 aromatic carbocycles. The Morgan fingerprint density at radius 2 is 1.25 bits per heavy atom. The van der Waals surface area contributed by atoms with E-state index in [0.29, 0.717) is 120 Å². The number of likely N-dealkylation sites (N-methyl/N-ethyl adjacent to an activating group) is 2. The minimum atomic E-state index is -5.15. The molecule has 3 saturated heterocycles. The minimum Gasteiger partial charge on any atom is -0.465 e. The lowest BCUT2D eigenvalue weighted by Crippen LogP contribution is -2.50. The van der Waals surface area contributed by atoms with Crippen molar-refractivity contribution in [3.63, 3.8) is 0 Å². The van der Waals surface area contributed by atoms with Gasteiger partial charge in [0.25, 0.3) is 11.8 Å². The third-order valence-corrected chi connectivity index (χ3v) is 20.2. The number of hydrogen-bond acceptors (Lipinski definition) is 10. The molecule has 1 spiro atoms. The van der Waals surface area contributed by atoms with Crippen LogP contribution in [0, 0.1) is 5.82 Å². The number of anilines is 2. The fourth-order valence-corrected chi connectivity index (χ4v) is 14.4. The molecule has 2 atom stereocenters. The molecule has 4 aliphatic rings. The quantitative estimate of drug-likeness (QED) is 0.0408. The van der Waals surface area contributed by atoms with Gasteiger partial charge >= 0.3 is 18.4 Å². The average molecular weight is 1470 g/mol. The maximum atomic E-state index is 14.3. The van der Waals surface area contributed by atoms with E-state index in [1.54, 1.807) is 34.9 Å². The van der Waals surface area contributed by atoms with Gasteiger partial charge in [-0.2, -0.15) is 26.3 Å². The highest BCUT2D eigenvalue weighted by molar-refractivity contribution is 5.96. The van der Waals surface area contributed by atoms with E-state index in [0.717, 1.165) is 71.7 Å². The highest BCUT2D eigenvalue weighted by atomic mass is 35.5. The monoisotopic (exact) mass is 1470 g/mol. The van der Waals surface area contributed by atoms with Gasteiger partial charge in [0.1, 0.15) is 24.8 Å². The van der Waals surface area contributed by atoms with Gasteiger partial charge in [0.2, 0.25) is 11.8 Å². The Morgan fingerprint density at radius 3 is 1.92 bits per heavy atom. The number of benzene rings is 6. The predicted octanol–water partition coefficient (Wildman–Crippen LogP) is 14.2. The lowest BCUT2D eigenvalue weighted by molar-refractivity contribution is -0.143. The zero-order valence-electron chi connectivity index (χ0n) is 57.2. The number of carboxylic acid groups (broad SMARTS) is 1. The molecule has 0 aromatic heterocycles. The molecule has 548 valence electrons. The van der Waals surface area contributed by atoms with Gasteiger partial charge in [0.15, 0.2) is 0 Å². The van der Waals surface area contributed by atoms with Crippen molar-refractivity contribution in [1.82, 2.24) is 29.4 Å². The Morgan fingerprint density at radius 1 is 0.624 bits per heavy atom. The number of alkyl halides is 6. The molecule has 5 amide bonds. The number of carbonyl (C=O) groups is 5. The maximum Gasteiger partial charge on any atom is 0.416 e. The first-order valence-corrected chi connectivity index (χ1v) is 33.7. The molecule has 101 heavy (non-hydrogen) atoms. The number of fused-ring (bicyclic) bond motifs is 2. The number of ether oxygens (including phenoxy) is 2. The summed E-state index contributed by atoms with van der Waals surface area (Å²) < 4.78 is 110. The van der Waals surface area contributed by atoms with Crippen molar-refractivity contribution in [3.8, 4) is 11.1 Å². The molecule has 0 radical (unpaired) electrons. The van der Waals surface area contributed by atoms with Gasteiger partial charge in [-0.15, -0.1) is 37.2 Å². The summed E-state index contributed by atoms with van der Waals surface area (Å²) in [5, 5.41) is 10.4. The van der Waals surface area contributed by atoms with E-state index in [9.17, 15) is 59.8 Å². The van der Waals surface area contributed by atoms with Crippen molar-refractivity contribution in [2.75, 3.05) is 123 Å². The van der Waals surface area contributed by atoms with Crippen LogP contribution in [0.3, 0.4) is 0 Å². The standard InChI is InChI=1S/C75H87F7N8O8.3ClH/c1-83(35-14-6-9-25-67(91)85(3)43-44-87-38-30-61(31-39-87)90(71(95)96)65-24-13-11-22-63(65)53-17-7-5-8-18-53)62-21-15-20-55(47-62)69(93)86(4)37-16-36-84(2)68(92)50-97-66-48-54-19-10-12-23-64(54)72(66)32-40-88(41-33-72)42-34-73(57-26-28-60(76)29-27-57)51-89(52-98-73)70(94)56-45-58(74(77,78)79)49-59(46-56)75(80,81)82;;;/h5,7-8,10-13,15,17-24,26-29,45-47,49,61,66H,6,9,14,16,25,30-44,48,50-52H2,1-4H3,(H,95,96);3*1H/t66-,73+;;;/m0.../s1. The van der Waals surface area contributed by atoms with Crippen molar-refractivity contribution in [1.29, 1.82) is 0 Å². The van der Waals surface area contributed by atoms with Gasteiger partial charge in [-0.05, 0) is 148 Å². The number of para-hydroxylation sites is 1. The SMILES string of the molecule is CN(CCN1CCC(N(C(=O)O)c2ccccc2-c2ccccc2)CC1)C(=O)CCCCCN(C)c1cccc(C(=O)N(C)CCCN(C)C(=O)CO[C@H]2Cc3ccccc3C23CCN(CC[C@]2(c4ccc(F)cc4)CN(C(=O)c4cc(C(F)(F)F)cc(C(F)(F)F)c4)CO2)CC3)c1.Cl.Cl.Cl. The Hall–Kier alpha value is -7.51. The molecule has 0 saturated carbocycles. The van der Waals surface area contributed by atoms with Crippen molar-refractivity contribution in [2.24, 2.45) is 0 Å². The molecule has 0 bridgehead atoms. The molecule has 6 aromatic rings. The lowest BCUT2D eigenvalue weighted by atomic mass is 9.72. The van der Waals surface area contributed by atoms with Crippen LogP contribution in [0.25, 0.3) is 11.1 Å². The van der Waals surface area contributed by atoms with Crippen LogP contribution in [0.5, 0.6) is 0 Å². The molecule has 26 heteroatoms. The number of unbranched alkanes of at least 4 members (excludes halogenated alkanes) is 2. The second-order valence-corrected chi connectivity index (χ2v) is 26.6. The van der Waals surface area contributed by atoms with Crippen LogP contribution in [-0.4, -0.2) is 190 Å². The van der Waals surface area contributed by atoms with Crippen LogP contribution in [0.1, 0.15) is 113 Å². The molecule has 3 aliphatic heterocycles. The fourth-order valence-electron chi connectivity index (χ4n) is 14.4. The normalized spacial score (nSPS) is 17.6. The number of halogens is 10. The topological polar surface area (TPSA) is 150 Å². The van der Waals surface area contributed by atoms with Crippen LogP contribution < -0.4 is 9.80 Å². The molecular formula is C75H90Cl3F7N8O8. The summed E-state index contributed by atoms with van der Waals surface area (Å²) in [7, 11) is 7.30. The van der Waals surface area contributed by atoms with E-state index in [1.807, 2.05) is 99.0 Å². The first-order valence-electron chi connectivity index (χ1n) is 33.7. The van der Waals surface area contributed by atoms with Crippen molar-refractivity contribution in [2.45, 2.75) is 106 Å². The third kappa shape index (κ3) is 19.8. The number of likely N-dealkylation sites (tertiary alicyclic amines) is 2. The number of amides is 5. The highest BCUT2D eigenvalue weighted by Gasteiger charge is 2.50. The van der Waals surface area contributed by atoms with Crippen LogP contribution in [0.4, 0.5) is 46.9 Å². The summed E-state index contributed by atoms with van der Waals surface area (Å²) in [6.07, 6.45) is -4.54. The van der Waals surface area contributed by atoms with E-state index >= 15 is 0 Å². The summed E-state index contributed by atoms with van der Waals surface area (Å²) in [4.78, 5) is 81.4. The summed E-state index contributed by atoms with van der Waals surface area (Å²) in [5.74, 6) is -1.85. The zero-order chi connectivity index (χ0) is 69.9. The Labute approximate surface area is 604 Å². The minimum absolute atomic E-state index is 0. The lowest BCUT2D eigenvalue weighted by Gasteiger charge is -2.44. The van der Waals surface area contributed by atoms with Gasteiger partial charge in [-0.3, -0.25) is 24.1 Å². The second kappa shape index (κ2) is 35.6. The molecule has 3 heterocycles.